The van der Waals surface area contributed by atoms with Crippen LogP contribution in [0, 0.1) is 0 Å². The molecule has 10 N–H and O–H groups in total. The molecule has 0 fully saturated rings. The van der Waals surface area contributed by atoms with Crippen molar-refractivity contribution >= 4 is 23.7 Å². The van der Waals surface area contributed by atoms with E-state index in [-0.39, 0.29) is 18.8 Å². The van der Waals surface area contributed by atoms with E-state index in [9.17, 15) is 24.6 Å². The van der Waals surface area contributed by atoms with E-state index in [0.717, 1.165) is 5.56 Å². The lowest BCUT2D eigenvalue weighted by Crippen LogP contribution is -2.57. The summed E-state index contributed by atoms with van der Waals surface area (Å²) in [5, 5.41) is 23.6. The molecule has 0 aliphatic heterocycles. The molecule has 2 amide bonds. The zero-order valence-corrected chi connectivity index (χ0v) is 16.8. The number of hydrogen-bond donors (Lipinski definition) is 7. The first-order valence-corrected chi connectivity index (χ1v) is 9.48. The van der Waals surface area contributed by atoms with Gasteiger partial charge in [0.15, 0.2) is 12.0 Å². The minimum atomic E-state index is -1.51. The normalized spacial score (nSPS) is 14.6. The molecule has 0 aliphatic rings. The fraction of sp³-hybridized carbons (Fsp3) is 0.474. The van der Waals surface area contributed by atoms with Gasteiger partial charge in [-0.05, 0) is 25.3 Å². The predicted octanol–water partition coefficient (Wildman–Crippen LogP) is -1.95. The van der Waals surface area contributed by atoms with Crippen molar-refractivity contribution in [3.8, 4) is 0 Å². The van der Waals surface area contributed by atoms with Crippen LogP contribution in [0.25, 0.3) is 0 Å². The Kier molecular flexibility index (Phi) is 10.3. The molecule has 1 rings (SSSR count). The summed E-state index contributed by atoms with van der Waals surface area (Å²) in [7, 11) is 0. The van der Waals surface area contributed by atoms with Gasteiger partial charge in [0, 0.05) is 13.0 Å². The van der Waals surface area contributed by atoms with Gasteiger partial charge >= 0.3 is 5.97 Å². The van der Waals surface area contributed by atoms with Crippen LogP contribution >= 0.6 is 0 Å². The predicted molar refractivity (Wildman–Crippen MR) is 111 cm³/mol. The first kappa shape index (κ1) is 24.9. The van der Waals surface area contributed by atoms with E-state index in [0.29, 0.717) is 13.0 Å². The number of hydrogen-bond acceptors (Lipinski definition) is 6. The third-order valence-corrected chi connectivity index (χ3v) is 4.27. The van der Waals surface area contributed by atoms with Crippen molar-refractivity contribution < 1.29 is 24.6 Å². The largest absolute Gasteiger partial charge is 0.480 e. The molecule has 4 unspecified atom stereocenters. The number of nitrogens with one attached hydrogen (secondary N) is 2. The molecule has 0 aliphatic carbocycles. The number of carbonyl (C=O) groups excluding carboxylic acids is 2. The Bertz CT molecular complexity index is 736. The molecule has 0 saturated heterocycles. The second-order valence-electron chi connectivity index (χ2n) is 6.87. The molecule has 11 heteroatoms. The second-order valence-corrected chi connectivity index (χ2v) is 6.87. The number of nitrogens with zero attached hydrogens (tertiary/aromatic N) is 1. The van der Waals surface area contributed by atoms with Crippen molar-refractivity contribution in [2.45, 2.75) is 50.4 Å². The molecular formula is C19H30N6O5. The number of carbonyl (C=O) groups is 3. The first-order chi connectivity index (χ1) is 14.1. The van der Waals surface area contributed by atoms with Gasteiger partial charge in [0.1, 0.15) is 6.04 Å². The third kappa shape index (κ3) is 8.88. The Morgan fingerprint density at radius 3 is 2.27 bits per heavy atom. The zero-order chi connectivity index (χ0) is 22.7. The molecular weight excluding hydrogens is 392 g/mol. The number of nitrogens with two attached hydrogens (primary N) is 3. The van der Waals surface area contributed by atoms with Crippen LogP contribution in [0.1, 0.15) is 25.3 Å². The van der Waals surface area contributed by atoms with Crippen molar-refractivity contribution in [2.24, 2.45) is 22.2 Å². The van der Waals surface area contributed by atoms with Crippen molar-refractivity contribution in [3.05, 3.63) is 35.9 Å². The van der Waals surface area contributed by atoms with Crippen molar-refractivity contribution in [3.63, 3.8) is 0 Å². The van der Waals surface area contributed by atoms with E-state index in [1.807, 2.05) is 0 Å². The molecule has 11 nitrogen and oxygen atoms in total. The maximum Gasteiger partial charge on any atom is 0.328 e. The summed E-state index contributed by atoms with van der Waals surface area (Å²) in [4.78, 5) is 40.2. The summed E-state index contributed by atoms with van der Waals surface area (Å²) in [5.41, 5.74) is 17.1. The first-order valence-electron chi connectivity index (χ1n) is 9.48. The van der Waals surface area contributed by atoms with E-state index in [1.165, 1.54) is 6.92 Å². The lowest BCUT2D eigenvalue weighted by Gasteiger charge is -2.24. The number of aliphatic hydroxyl groups is 1. The monoisotopic (exact) mass is 422 g/mol. The van der Waals surface area contributed by atoms with Gasteiger partial charge in [-0.15, -0.1) is 0 Å². The van der Waals surface area contributed by atoms with Crippen molar-refractivity contribution in [1.82, 2.24) is 10.6 Å². The molecule has 4 atom stereocenters. The van der Waals surface area contributed by atoms with E-state index in [1.54, 1.807) is 30.3 Å². The van der Waals surface area contributed by atoms with Crippen LogP contribution in [0.5, 0.6) is 0 Å². The summed E-state index contributed by atoms with van der Waals surface area (Å²) >= 11 is 0. The fourth-order valence-corrected chi connectivity index (χ4v) is 2.63. The number of guanidine groups is 1. The van der Waals surface area contributed by atoms with E-state index < -0.39 is 42.0 Å². The van der Waals surface area contributed by atoms with Crippen LogP contribution < -0.4 is 27.8 Å². The minimum Gasteiger partial charge on any atom is -0.480 e. The average molecular weight is 422 g/mol. The van der Waals surface area contributed by atoms with Crippen LogP contribution in [-0.4, -0.2) is 64.7 Å². The molecule has 1 aromatic rings. The van der Waals surface area contributed by atoms with Gasteiger partial charge in [0.05, 0.1) is 12.1 Å². The highest BCUT2D eigenvalue weighted by molar-refractivity contribution is 5.92. The number of carboxylic acid groups (broad SMARTS) is 1. The van der Waals surface area contributed by atoms with Crippen molar-refractivity contribution in [2.75, 3.05) is 6.54 Å². The van der Waals surface area contributed by atoms with Gasteiger partial charge in [-0.2, -0.15) is 0 Å². The van der Waals surface area contributed by atoms with Crippen LogP contribution in [0.15, 0.2) is 35.3 Å². The summed E-state index contributed by atoms with van der Waals surface area (Å²) in [6, 6.07) is 5.39. The molecule has 30 heavy (non-hydrogen) atoms. The quantitative estimate of drug-likeness (QED) is 0.114. The highest BCUT2D eigenvalue weighted by Crippen LogP contribution is 2.06. The van der Waals surface area contributed by atoms with Gasteiger partial charge in [0.25, 0.3) is 0 Å². The maximum absolute atomic E-state index is 12.7. The molecule has 0 saturated carbocycles. The summed E-state index contributed by atoms with van der Waals surface area (Å²) in [6.45, 7) is 1.56. The van der Waals surface area contributed by atoms with Crippen LogP contribution in [-0.2, 0) is 20.8 Å². The van der Waals surface area contributed by atoms with Crippen LogP contribution in [0.2, 0.25) is 0 Å². The lowest BCUT2D eigenvalue weighted by molar-refractivity contribution is -0.145. The third-order valence-electron chi connectivity index (χ3n) is 4.27. The average Bonchev–Trinajstić information content (AvgIpc) is 2.68. The SMILES string of the molecule is CC(O)C(NC(=O)C(Cc1ccccc1)NC(=O)C(N)CCCN=C(N)N)C(=O)O. The van der Waals surface area contributed by atoms with Gasteiger partial charge in [0.2, 0.25) is 11.8 Å². The van der Waals surface area contributed by atoms with Gasteiger partial charge in [-0.25, -0.2) is 4.79 Å². The number of amides is 2. The standard InChI is InChI=1S/C19H30N6O5/c1-11(26)15(18(29)30)25-17(28)14(10-12-6-3-2-4-7-12)24-16(27)13(20)8-5-9-23-19(21)22/h2-4,6-7,11,13-15,26H,5,8-10,20H2,1H3,(H,24,27)(H,25,28)(H,29,30)(H4,21,22,23). The van der Waals surface area contributed by atoms with Crippen LogP contribution in [0.3, 0.4) is 0 Å². The van der Waals surface area contributed by atoms with Gasteiger partial charge < -0.3 is 38.0 Å². The maximum atomic E-state index is 12.7. The molecule has 0 heterocycles. The molecule has 0 aromatic heterocycles. The Morgan fingerprint density at radius 2 is 1.73 bits per heavy atom. The highest BCUT2D eigenvalue weighted by Gasteiger charge is 2.30. The number of aliphatic hydroxyl groups excluding tert-OH is 1. The minimum absolute atomic E-state index is 0.0567. The van der Waals surface area contributed by atoms with Crippen molar-refractivity contribution in [1.29, 1.82) is 0 Å². The molecule has 0 bridgehead atoms. The number of rotatable bonds is 12. The fourth-order valence-electron chi connectivity index (χ4n) is 2.63. The lowest BCUT2D eigenvalue weighted by atomic mass is 10.0. The Labute approximate surface area is 174 Å². The molecule has 0 spiro atoms. The Balaban J connectivity index is 2.84. The number of aliphatic imine (C=N–C) groups is 1. The summed E-state index contributed by atoms with van der Waals surface area (Å²) in [6.07, 6.45) is -0.457. The zero-order valence-electron chi connectivity index (χ0n) is 16.8. The van der Waals surface area contributed by atoms with Gasteiger partial charge in [-0.3, -0.25) is 14.6 Å². The number of benzene rings is 1. The number of carboxylic acids is 1. The topological polar surface area (TPSA) is 206 Å². The molecule has 1 aromatic carbocycles. The summed E-state index contributed by atoms with van der Waals surface area (Å²) in [5.74, 6) is -2.76. The smallest absolute Gasteiger partial charge is 0.328 e. The molecule has 166 valence electrons. The summed E-state index contributed by atoms with van der Waals surface area (Å²) < 4.78 is 0. The highest BCUT2D eigenvalue weighted by atomic mass is 16.4. The van der Waals surface area contributed by atoms with E-state index >= 15 is 0 Å². The van der Waals surface area contributed by atoms with Crippen LogP contribution in [0.4, 0.5) is 0 Å². The van der Waals surface area contributed by atoms with E-state index in [2.05, 4.69) is 15.6 Å². The van der Waals surface area contributed by atoms with Gasteiger partial charge in [-0.1, -0.05) is 30.3 Å². The Morgan fingerprint density at radius 1 is 1.10 bits per heavy atom. The second kappa shape index (κ2) is 12.4. The van der Waals surface area contributed by atoms with E-state index in [4.69, 9.17) is 17.2 Å². The number of aliphatic carboxylic acids is 1. The molecule has 0 radical (unpaired) electrons. The Hall–Kier alpha value is -3.18.